The fraction of sp³-hybridized carbons (Fsp3) is 0.500. The highest BCUT2D eigenvalue weighted by atomic mass is 16.3. The van der Waals surface area contributed by atoms with E-state index >= 15 is 0 Å². The molecule has 1 atom stereocenters. The molecule has 1 aliphatic rings. The van der Waals surface area contributed by atoms with Crippen molar-refractivity contribution in [3.63, 3.8) is 0 Å². The lowest BCUT2D eigenvalue weighted by atomic mass is 9.93. The van der Waals surface area contributed by atoms with Crippen molar-refractivity contribution in [2.45, 2.75) is 38.4 Å². The molecule has 0 aromatic carbocycles. The van der Waals surface area contributed by atoms with E-state index in [1.54, 1.807) is 0 Å². The maximum Gasteiger partial charge on any atom is 0.0644 e. The number of aromatic amines is 1. The van der Waals surface area contributed by atoms with Gasteiger partial charge < -0.3 is 15.4 Å². The van der Waals surface area contributed by atoms with Crippen molar-refractivity contribution in [3.8, 4) is 0 Å². The molecule has 5 nitrogen and oxygen atoms in total. The van der Waals surface area contributed by atoms with E-state index in [0.29, 0.717) is 12.6 Å². The van der Waals surface area contributed by atoms with Crippen molar-refractivity contribution in [1.82, 2.24) is 20.1 Å². The maximum atomic E-state index is 9.05. The third-order valence-electron chi connectivity index (χ3n) is 3.78. The molecule has 5 heteroatoms. The number of hydrogen-bond donors (Lipinski definition) is 3. The monoisotopic (exact) mass is 260 g/mol. The predicted molar refractivity (Wildman–Crippen MR) is 72.6 cm³/mol. The number of H-pyrrole nitrogens is 1. The van der Waals surface area contributed by atoms with Gasteiger partial charge in [0.1, 0.15) is 0 Å². The summed E-state index contributed by atoms with van der Waals surface area (Å²) < 4.78 is 1.94. The standard InChI is InChI=1S/C14H20N4O/c19-8-7-18-14-5-1-4-13(12(14)10-17-18)16-9-11-3-2-6-15-11/h2-3,6,10,13,15-16,19H,1,4-5,7-9H2. The summed E-state index contributed by atoms with van der Waals surface area (Å²) >= 11 is 0. The van der Waals surface area contributed by atoms with Crippen LogP contribution in [0.4, 0.5) is 0 Å². The molecule has 3 rings (SSSR count). The molecule has 19 heavy (non-hydrogen) atoms. The summed E-state index contributed by atoms with van der Waals surface area (Å²) in [7, 11) is 0. The highest BCUT2D eigenvalue weighted by Gasteiger charge is 2.23. The molecule has 0 radical (unpaired) electrons. The second-order valence-corrected chi connectivity index (χ2v) is 5.01. The van der Waals surface area contributed by atoms with Crippen LogP contribution in [0.1, 0.15) is 35.8 Å². The zero-order chi connectivity index (χ0) is 13.1. The van der Waals surface area contributed by atoms with Crippen LogP contribution in [-0.4, -0.2) is 26.5 Å². The van der Waals surface area contributed by atoms with Gasteiger partial charge in [0.15, 0.2) is 0 Å². The van der Waals surface area contributed by atoms with Crippen molar-refractivity contribution in [3.05, 3.63) is 41.5 Å². The highest BCUT2D eigenvalue weighted by molar-refractivity contribution is 5.25. The van der Waals surface area contributed by atoms with Crippen LogP contribution >= 0.6 is 0 Å². The van der Waals surface area contributed by atoms with Crippen LogP contribution in [0, 0.1) is 0 Å². The van der Waals surface area contributed by atoms with Crippen LogP contribution in [0.25, 0.3) is 0 Å². The molecule has 102 valence electrons. The van der Waals surface area contributed by atoms with E-state index in [2.05, 4.69) is 21.5 Å². The molecule has 0 saturated carbocycles. The van der Waals surface area contributed by atoms with Gasteiger partial charge in [0, 0.05) is 35.7 Å². The van der Waals surface area contributed by atoms with E-state index in [9.17, 15) is 0 Å². The first-order valence-electron chi connectivity index (χ1n) is 6.89. The van der Waals surface area contributed by atoms with E-state index < -0.39 is 0 Å². The average molecular weight is 260 g/mol. The highest BCUT2D eigenvalue weighted by Crippen LogP contribution is 2.29. The van der Waals surface area contributed by atoms with Gasteiger partial charge >= 0.3 is 0 Å². The molecule has 2 aromatic rings. The lowest BCUT2D eigenvalue weighted by molar-refractivity contribution is 0.266. The first-order chi connectivity index (χ1) is 9.38. The largest absolute Gasteiger partial charge is 0.394 e. The Bertz CT molecular complexity index is 518. The summed E-state index contributed by atoms with van der Waals surface area (Å²) in [6, 6.07) is 4.48. The van der Waals surface area contributed by atoms with Gasteiger partial charge in [-0.25, -0.2) is 0 Å². The van der Waals surface area contributed by atoms with Crippen molar-refractivity contribution in [2.24, 2.45) is 0 Å². The van der Waals surface area contributed by atoms with E-state index in [4.69, 9.17) is 5.11 Å². The smallest absolute Gasteiger partial charge is 0.0644 e. The van der Waals surface area contributed by atoms with Crippen LogP contribution < -0.4 is 5.32 Å². The minimum Gasteiger partial charge on any atom is -0.394 e. The third-order valence-corrected chi connectivity index (χ3v) is 3.78. The van der Waals surface area contributed by atoms with Gasteiger partial charge in [0.2, 0.25) is 0 Å². The number of aliphatic hydroxyl groups is 1. The van der Waals surface area contributed by atoms with Crippen LogP contribution in [0.3, 0.4) is 0 Å². The topological polar surface area (TPSA) is 65.9 Å². The third kappa shape index (κ3) is 2.57. The molecule has 3 N–H and O–H groups in total. The van der Waals surface area contributed by atoms with E-state index in [0.717, 1.165) is 19.4 Å². The average Bonchev–Trinajstić information content (AvgIpc) is 3.07. The van der Waals surface area contributed by atoms with Crippen molar-refractivity contribution in [1.29, 1.82) is 0 Å². The maximum absolute atomic E-state index is 9.05. The van der Waals surface area contributed by atoms with Crippen LogP contribution in [-0.2, 0) is 19.5 Å². The Morgan fingerprint density at radius 1 is 1.53 bits per heavy atom. The Morgan fingerprint density at radius 3 is 3.26 bits per heavy atom. The summed E-state index contributed by atoms with van der Waals surface area (Å²) in [5.41, 5.74) is 3.78. The molecule has 1 unspecified atom stereocenters. The number of hydrogen-bond acceptors (Lipinski definition) is 3. The molecule has 1 aliphatic carbocycles. The number of nitrogens with one attached hydrogen (secondary N) is 2. The summed E-state index contributed by atoms with van der Waals surface area (Å²) in [6.07, 6.45) is 7.29. The van der Waals surface area contributed by atoms with Gasteiger partial charge in [-0.05, 0) is 31.4 Å². The summed E-state index contributed by atoms with van der Waals surface area (Å²) in [5, 5.41) is 17.0. The molecule has 0 fully saturated rings. The number of aromatic nitrogens is 3. The summed E-state index contributed by atoms with van der Waals surface area (Å²) in [4.78, 5) is 3.21. The quantitative estimate of drug-likeness (QED) is 0.760. The zero-order valence-corrected chi connectivity index (χ0v) is 11.0. The second kappa shape index (κ2) is 5.59. The molecule has 0 amide bonds. The first kappa shape index (κ1) is 12.4. The second-order valence-electron chi connectivity index (χ2n) is 5.01. The molecule has 0 aliphatic heterocycles. The Kier molecular flexibility index (Phi) is 3.66. The minimum atomic E-state index is 0.148. The molecular formula is C14H20N4O. The van der Waals surface area contributed by atoms with Gasteiger partial charge in [-0.15, -0.1) is 0 Å². The Labute approximate surface area is 112 Å². The summed E-state index contributed by atoms with van der Waals surface area (Å²) in [6.45, 7) is 1.59. The first-order valence-corrected chi connectivity index (χ1v) is 6.89. The number of fused-ring (bicyclic) bond motifs is 1. The fourth-order valence-electron chi connectivity index (χ4n) is 2.83. The molecule has 0 bridgehead atoms. The zero-order valence-electron chi connectivity index (χ0n) is 11.0. The Hall–Kier alpha value is -1.59. The lowest BCUT2D eigenvalue weighted by Crippen LogP contribution is -2.25. The summed E-state index contributed by atoms with van der Waals surface area (Å²) in [5.74, 6) is 0. The number of aliphatic hydroxyl groups excluding tert-OH is 1. The predicted octanol–water partition coefficient (Wildman–Crippen LogP) is 1.37. The van der Waals surface area contributed by atoms with Crippen LogP contribution in [0.15, 0.2) is 24.5 Å². The molecule has 0 spiro atoms. The van der Waals surface area contributed by atoms with Crippen LogP contribution in [0.2, 0.25) is 0 Å². The van der Waals surface area contributed by atoms with Gasteiger partial charge in [-0.2, -0.15) is 5.10 Å². The van der Waals surface area contributed by atoms with Crippen molar-refractivity contribution < 1.29 is 5.11 Å². The van der Waals surface area contributed by atoms with Gasteiger partial charge in [-0.3, -0.25) is 4.68 Å². The lowest BCUT2D eigenvalue weighted by Gasteiger charge is -2.24. The Morgan fingerprint density at radius 2 is 2.47 bits per heavy atom. The SMILES string of the molecule is OCCn1ncc2c1CCCC2NCc1ccc[nH]1. The molecule has 2 aromatic heterocycles. The van der Waals surface area contributed by atoms with E-state index in [1.165, 1.54) is 23.4 Å². The van der Waals surface area contributed by atoms with E-state index in [1.807, 2.05) is 23.1 Å². The fourth-order valence-corrected chi connectivity index (χ4v) is 2.83. The van der Waals surface area contributed by atoms with Crippen molar-refractivity contribution >= 4 is 0 Å². The van der Waals surface area contributed by atoms with Crippen molar-refractivity contribution in [2.75, 3.05) is 6.61 Å². The van der Waals surface area contributed by atoms with Gasteiger partial charge in [0.05, 0.1) is 19.3 Å². The van der Waals surface area contributed by atoms with Gasteiger partial charge in [0.25, 0.3) is 0 Å². The van der Waals surface area contributed by atoms with E-state index in [-0.39, 0.29) is 6.61 Å². The number of rotatable bonds is 5. The Balaban J connectivity index is 1.71. The van der Waals surface area contributed by atoms with Gasteiger partial charge in [-0.1, -0.05) is 0 Å². The van der Waals surface area contributed by atoms with Crippen LogP contribution in [0.5, 0.6) is 0 Å². The minimum absolute atomic E-state index is 0.148. The molecule has 2 heterocycles. The normalized spacial score (nSPS) is 18.5. The number of nitrogens with zero attached hydrogens (tertiary/aromatic N) is 2. The molecule has 0 saturated heterocycles. The molecular weight excluding hydrogens is 240 g/mol.